The molecule has 0 unspecified atom stereocenters. The zero-order valence-corrected chi connectivity index (χ0v) is 8.73. The second-order valence-corrected chi connectivity index (χ2v) is 3.39. The molecule has 1 aromatic rings. The molecule has 0 bridgehead atoms. The molecule has 82 valence electrons. The number of aliphatic hydroxyl groups is 1. The van der Waals surface area contributed by atoms with Crippen LogP contribution in [0.4, 0.5) is 5.69 Å². The first-order chi connectivity index (χ1) is 7.17. The van der Waals surface area contributed by atoms with Crippen LogP contribution in [-0.2, 0) is 0 Å². The van der Waals surface area contributed by atoms with Crippen LogP contribution in [0.15, 0.2) is 24.3 Å². The Kier molecular flexibility index (Phi) is 4.12. The molecule has 0 fully saturated rings. The Labute approximate surface area is 89.1 Å². The van der Waals surface area contributed by atoms with Gasteiger partial charge >= 0.3 is 0 Å². The Balaban J connectivity index is 2.68. The predicted molar refractivity (Wildman–Crippen MR) is 59.5 cm³/mol. The first kappa shape index (κ1) is 11.5. The minimum atomic E-state index is -0.205. The van der Waals surface area contributed by atoms with Crippen molar-refractivity contribution in [3.8, 4) is 0 Å². The fraction of sp³-hybridized carbons (Fsp3) is 0.364. The molecule has 1 rings (SSSR count). The number of nitrogens with two attached hydrogens (primary N) is 1. The lowest BCUT2D eigenvalue weighted by Crippen LogP contribution is -2.36. The lowest BCUT2D eigenvalue weighted by atomic mass is 10.1. The molecule has 4 nitrogen and oxygen atoms in total. The van der Waals surface area contributed by atoms with Gasteiger partial charge in [0, 0.05) is 11.3 Å². The van der Waals surface area contributed by atoms with E-state index in [4.69, 9.17) is 10.8 Å². The van der Waals surface area contributed by atoms with Gasteiger partial charge in [0.05, 0.1) is 12.6 Å². The van der Waals surface area contributed by atoms with Crippen molar-refractivity contribution < 1.29 is 9.90 Å². The molecule has 4 heteroatoms. The Hall–Kier alpha value is -1.55. The van der Waals surface area contributed by atoms with Gasteiger partial charge in [-0.25, -0.2) is 0 Å². The summed E-state index contributed by atoms with van der Waals surface area (Å²) in [4.78, 5) is 11.6. The van der Waals surface area contributed by atoms with Crippen LogP contribution in [0.2, 0.25) is 0 Å². The van der Waals surface area contributed by atoms with Crippen molar-refractivity contribution in [3.05, 3.63) is 29.8 Å². The highest BCUT2D eigenvalue weighted by Gasteiger charge is 2.10. The fourth-order valence-corrected chi connectivity index (χ4v) is 1.23. The van der Waals surface area contributed by atoms with Gasteiger partial charge in [0.25, 0.3) is 5.91 Å². The third kappa shape index (κ3) is 3.25. The second-order valence-electron chi connectivity index (χ2n) is 3.39. The second kappa shape index (κ2) is 5.36. The molecule has 15 heavy (non-hydrogen) atoms. The summed E-state index contributed by atoms with van der Waals surface area (Å²) >= 11 is 0. The average Bonchev–Trinajstić information content (AvgIpc) is 2.25. The van der Waals surface area contributed by atoms with E-state index in [2.05, 4.69) is 5.32 Å². The molecule has 1 amide bonds. The zero-order valence-electron chi connectivity index (χ0n) is 8.73. The molecule has 0 spiro atoms. The van der Waals surface area contributed by atoms with E-state index in [0.717, 1.165) is 0 Å². The van der Waals surface area contributed by atoms with Gasteiger partial charge in [0.2, 0.25) is 0 Å². The molecule has 0 aliphatic rings. The molecule has 4 N–H and O–H groups in total. The minimum absolute atomic E-state index is 0.0510. The zero-order chi connectivity index (χ0) is 11.3. The number of benzene rings is 1. The van der Waals surface area contributed by atoms with E-state index in [1.54, 1.807) is 24.3 Å². The Bertz CT molecular complexity index is 335. The normalized spacial score (nSPS) is 12.1. The van der Waals surface area contributed by atoms with Crippen LogP contribution < -0.4 is 11.1 Å². The van der Waals surface area contributed by atoms with E-state index in [1.165, 1.54) is 0 Å². The third-order valence-electron chi connectivity index (χ3n) is 2.20. The maximum Gasteiger partial charge on any atom is 0.251 e. The van der Waals surface area contributed by atoms with Crippen LogP contribution in [0.1, 0.15) is 23.7 Å². The number of carbonyl (C=O) groups excluding carboxylic acids is 1. The summed E-state index contributed by atoms with van der Waals surface area (Å²) < 4.78 is 0. The van der Waals surface area contributed by atoms with Gasteiger partial charge in [-0.2, -0.15) is 0 Å². The number of nitrogens with one attached hydrogen (secondary N) is 1. The van der Waals surface area contributed by atoms with Crippen LogP contribution in [0.25, 0.3) is 0 Å². The van der Waals surface area contributed by atoms with E-state index in [0.29, 0.717) is 17.7 Å². The number of aliphatic hydroxyl groups excluding tert-OH is 1. The molecule has 1 atom stereocenters. The van der Waals surface area contributed by atoms with Gasteiger partial charge in [0.15, 0.2) is 0 Å². The van der Waals surface area contributed by atoms with Crippen LogP contribution >= 0.6 is 0 Å². The number of rotatable bonds is 4. The smallest absolute Gasteiger partial charge is 0.251 e. The van der Waals surface area contributed by atoms with E-state index >= 15 is 0 Å². The Morgan fingerprint density at radius 1 is 1.60 bits per heavy atom. The summed E-state index contributed by atoms with van der Waals surface area (Å²) in [6, 6.07) is 6.55. The largest absolute Gasteiger partial charge is 0.399 e. The van der Waals surface area contributed by atoms with E-state index < -0.39 is 0 Å². The van der Waals surface area contributed by atoms with E-state index in [-0.39, 0.29) is 18.6 Å². The highest BCUT2D eigenvalue weighted by molar-refractivity contribution is 5.95. The molecule has 0 aliphatic heterocycles. The summed E-state index contributed by atoms with van der Waals surface area (Å²) in [7, 11) is 0. The van der Waals surface area contributed by atoms with E-state index in [1.807, 2.05) is 6.92 Å². The van der Waals surface area contributed by atoms with Gasteiger partial charge in [-0.3, -0.25) is 4.79 Å². The summed E-state index contributed by atoms with van der Waals surface area (Å²) in [5.41, 5.74) is 6.63. The molecule has 0 saturated carbocycles. The third-order valence-corrected chi connectivity index (χ3v) is 2.20. The summed E-state index contributed by atoms with van der Waals surface area (Å²) in [5, 5.41) is 11.7. The van der Waals surface area contributed by atoms with Crippen LogP contribution in [-0.4, -0.2) is 23.7 Å². The molecule has 0 aliphatic carbocycles. The quantitative estimate of drug-likeness (QED) is 0.640. The van der Waals surface area contributed by atoms with Crippen molar-refractivity contribution in [2.24, 2.45) is 0 Å². The molecular weight excluding hydrogens is 192 g/mol. The number of hydrogen-bond donors (Lipinski definition) is 3. The van der Waals surface area contributed by atoms with Crippen molar-refractivity contribution in [1.82, 2.24) is 5.32 Å². The van der Waals surface area contributed by atoms with E-state index in [9.17, 15) is 4.79 Å². The summed E-state index contributed by atoms with van der Waals surface area (Å²) in [6.45, 7) is 1.85. The minimum Gasteiger partial charge on any atom is -0.399 e. The molecule has 1 aromatic carbocycles. The number of anilines is 1. The van der Waals surface area contributed by atoms with Gasteiger partial charge < -0.3 is 16.2 Å². The SMILES string of the molecule is CC[C@@H](CO)NC(=O)c1cccc(N)c1. The molecule has 0 saturated heterocycles. The number of carbonyl (C=O) groups is 1. The van der Waals surface area contributed by atoms with Crippen LogP contribution in [0, 0.1) is 0 Å². The number of hydrogen-bond acceptors (Lipinski definition) is 3. The average molecular weight is 208 g/mol. The monoisotopic (exact) mass is 208 g/mol. The molecular formula is C11H16N2O2. The standard InChI is InChI=1S/C11H16N2O2/c1-2-10(7-14)13-11(15)8-4-3-5-9(12)6-8/h3-6,10,14H,2,7,12H2,1H3,(H,13,15)/t10-/m0/s1. The number of nitrogen functional groups attached to an aromatic ring is 1. The van der Waals surface area contributed by atoms with Crippen molar-refractivity contribution in [1.29, 1.82) is 0 Å². The summed E-state index contributed by atoms with van der Waals surface area (Å²) in [6.07, 6.45) is 0.699. The highest BCUT2D eigenvalue weighted by atomic mass is 16.3. The lowest BCUT2D eigenvalue weighted by molar-refractivity contribution is 0.0915. The first-order valence-corrected chi connectivity index (χ1v) is 4.94. The van der Waals surface area contributed by atoms with Gasteiger partial charge in [-0.15, -0.1) is 0 Å². The Morgan fingerprint density at radius 3 is 2.87 bits per heavy atom. The highest BCUT2D eigenvalue weighted by Crippen LogP contribution is 2.06. The first-order valence-electron chi connectivity index (χ1n) is 4.94. The topological polar surface area (TPSA) is 75.3 Å². The summed E-state index contributed by atoms with van der Waals surface area (Å²) in [5.74, 6) is -0.205. The van der Waals surface area contributed by atoms with Gasteiger partial charge in [0.1, 0.15) is 0 Å². The van der Waals surface area contributed by atoms with Crippen LogP contribution in [0.5, 0.6) is 0 Å². The van der Waals surface area contributed by atoms with Crippen LogP contribution in [0.3, 0.4) is 0 Å². The van der Waals surface area contributed by atoms with Crippen molar-refractivity contribution in [2.45, 2.75) is 19.4 Å². The van der Waals surface area contributed by atoms with Gasteiger partial charge in [-0.05, 0) is 24.6 Å². The Morgan fingerprint density at radius 2 is 2.33 bits per heavy atom. The van der Waals surface area contributed by atoms with Crippen molar-refractivity contribution in [2.75, 3.05) is 12.3 Å². The van der Waals surface area contributed by atoms with Crippen molar-refractivity contribution in [3.63, 3.8) is 0 Å². The molecule has 0 aromatic heterocycles. The molecule has 0 heterocycles. The maximum atomic E-state index is 11.6. The molecule has 0 radical (unpaired) electrons. The maximum absolute atomic E-state index is 11.6. The van der Waals surface area contributed by atoms with Gasteiger partial charge in [-0.1, -0.05) is 13.0 Å². The number of amides is 1. The fourth-order valence-electron chi connectivity index (χ4n) is 1.23. The van der Waals surface area contributed by atoms with Crippen molar-refractivity contribution >= 4 is 11.6 Å². The predicted octanol–water partition coefficient (Wildman–Crippen LogP) is 0.770. The lowest BCUT2D eigenvalue weighted by Gasteiger charge is -2.13.